The first-order chi connectivity index (χ1) is 10.6. The lowest BCUT2D eigenvalue weighted by molar-refractivity contribution is -0.142. The van der Waals surface area contributed by atoms with E-state index in [-0.39, 0.29) is 18.0 Å². The van der Waals surface area contributed by atoms with Crippen molar-refractivity contribution in [1.29, 1.82) is 0 Å². The molecule has 5 nitrogen and oxygen atoms in total. The van der Waals surface area contributed by atoms with Crippen LogP contribution in [0.2, 0.25) is 0 Å². The van der Waals surface area contributed by atoms with E-state index in [4.69, 9.17) is 5.11 Å². The Hall–Kier alpha value is -1.26. The van der Waals surface area contributed by atoms with E-state index in [1.165, 1.54) is 32.1 Å². The molecule has 3 fully saturated rings. The Morgan fingerprint density at radius 2 is 1.55 bits per heavy atom. The predicted molar refractivity (Wildman–Crippen MR) is 83.5 cm³/mol. The number of rotatable bonds is 4. The fourth-order valence-corrected chi connectivity index (χ4v) is 4.34. The highest BCUT2D eigenvalue weighted by molar-refractivity contribution is 5.75. The molecule has 0 bridgehead atoms. The van der Waals surface area contributed by atoms with Crippen LogP contribution in [0.25, 0.3) is 0 Å². The highest BCUT2D eigenvalue weighted by Crippen LogP contribution is 2.44. The van der Waals surface area contributed by atoms with Gasteiger partial charge >= 0.3 is 12.0 Å². The molecule has 0 aromatic rings. The number of aliphatic carboxylic acids is 1. The van der Waals surface area contributed by atoms with Gasteiger partial charge in [-0.05, 0) is 43.9 Å². The van der Waals surface area contributed by atoms with Crippen molar-refractivity contribution in [2.24, 2.45) is 17.8 Å². The second kappa shape index (κ2) is 6.88. The molecule has 0 spiro atoms. The summed E-state index contributed by atoms with van der Waals surface area (Å²) in [6.45, 7) is 0. The van der Waals surface area contributed by atoms with E-state index < -0.39 is 5.97 Å². The van der Waals surface area contributed by atoms with Gasteiger partial charge < -0.3 is 15.7 Å². The van der Waals surface area contributed by atoms with Crippen molar-refractivity contribution in [1.82, 2.24) is 10.6 Å². The van der Waals surface area contributed by atoms with Crippen LogP contribution in [0.1, 0.15) is 64.2 Å². The fourth-order valence-electron chi connectivity index (χ4n) is 4.34. The molecule has 0 heterocycles. The Morgan fingerprint density at radius 1 is 0.864 bits per heavy atom. The number of urea groups is 1. The predicted octanol–water partition coefficient (Wildman–Crippen LogP) is 2.90. The minimum absolute atomic E-state index is 0.0536. The van der Waals surface area contributed by atoms with E-state index in [0.29, 0.717) is 24.8 Å². The van der Waals surface area contributed by atoms with Gasteiger partial charge in [-0.3, -0.25) is 4.79 Å². The van der Waals surface area contributed by atoms with Crippen LogP contribution in [0.15, 0.2) is 0 Å². The largest absolute Gasteiger partial charge is 0.481 e. The van der Waals surface area contributed by atoms with Crippen LogP contribution in [0, 0.1) is 17.8 Å². The molecule has 2 unspecified atom stereocenters. The fraction of sp³-hybridized carbons (Fsp3) is 0.882. The van der Waals surface area contributed by atoms with Crippen molar-refractivity contribution in [3.63, 3.8) is 0 Å². The Morgan fingerprint density at radius 3 is 2.18 bits per heavy atom. The smallest absolute Gasteiger partial charge is 0.315 e. The summed E-state index contributed by atoms with van der Waals surface area (Å²) in [6, 6.07) is 0.461. The molecule has 0 radical (unpaired) electrons. The topological polar surface area (TPSA) is 78.4 Å². The van der Waals surface area contributed by atoms with Gasteiger partial charge in [0.1, 0.15) is 0 Å². The van der Waals surface area contributed by atoms with Gasteiger partial charge in [0, 0.05) is 12.1 Å². The van der Waals surface area contributed by atoms with Gasteiger partial charge in [-0.15, -0.1) is 0 Å². The zero-order valence-corrected chi connectivity index (χ0v) is 13.2. The van der Waals surface area contributed by atoms with Gasteiger partial charge in [-0.2, -0.15) is 0 Å². The van der Waals surface area contributed by atoms with E-state index in [1.807, 2.05) is 0 Å². The minimum Gasteiger partial charge on any atom is -0.481 e. The number of hydrogen-bond donors (Lipinski definition) is 3. The number of carboxylic acid groups (broad SMARTS) is 1. The van der Waals surface area contributed by atoms with Crippen molar-refractivity contribution in [3.8, 4) is 0 Å². The van der Waals surface area contributed by atoms with Gasteiger partial charge in [0.15, 0.2) is 0 Å². The Labute approximate surface area is 132 Å². The minimum atomic E-state index is -0.698. The molecule has 2 atom stereocenters. The SMILES string of the molecule is O=C(NC1CCC(C(=O)O)CC1)NC1CC1C1CCCCC1. The number of carbonyl (C=O) groups is 2. The highest BCUT2D eigenvalue weighted by atomic mass is 16.4. The third-order valence-electron chi connectivity index (χ3n) is 5.82. The average molecular weight is 308 g/mol. The highest BCUT2D eigenvalue weighted by Gasteiger charge is 2.43. The van der Waals surface area contributed by atoms with Crippen LogP contribution >= 0.6 is 0 Å². The Balaban J connectivity index is 1.34. The summed E-state index contributed by atoms with van der Waals surface area (Å²) in [5.41, 5.74) is 0. The molecule has 0 aromatic carbocycles. The summed E-state index contributed by atoms with van der Waals surface area (Å²) in [4.78, 5) is 23.0. The number of hydrogen-bond acceptors (Lipinski definition) is 2. The van der Waals surface area contributed by atoms with Crippen molar-refractivity contribution < 1.29 is 14.7 Å². The molecule has 3 aliphatic carbocycles. The third kappa shape index (κ3) is 3.93. The molecule has 0 aliphatic heterocycles. The Kier molecular flexibility index (Phi) is 4.89. The first kappa shape index (κ1) is 15.6. The third-order valence-corrected chi connectivity index (χ3v) is 5.82. The van der Waals surface area contributed by atoms with Gasteiger partial charge in [-0.25, -0.2) is 4.79 Å². The van der Waals surface area contributed by atoms with Crippen LogP contribution in [0.3, 0.4) is 0 Å². The van der Waals surface area contributed by atoms with E-state index in [2.05, 4.69) is 10.6 Å². The van der Waals surface area contributed by atoms with Crippen LogP contribution in [0.5, 0.6) is 0 Å². The quantitative estimate of drug-likeness (QED) is 0.747. The molecule has 124 valence electrons. The molecule has 2 amide bonds. The second-order valence-corrected chi connectivity index (χ2v) is 7.41. The maximum atomic E-state index is 12.1. The van der Waals surface area contributed by atoms with E-state index in [1.54, 1.807) is 0 Å². The standard InChI is InChI=1S/C17H28N2O3/c20-16(21)12-6-8-13(9-7-12)18-17(22)19-15-10-14(15)11-4-2-1-3-5-11/h11-15H,1-10H2,(H,20,21)(H2,18,19,22). The zero-order chi connectivity index (χ0) is 15.5. The number of carbonyl (C=O) groups excluding carboxylic acids is 1. The lowest BCUT2D eigenvalue weighted by atomic mass is 9.85. The van der Waals surface area contributed by atoms with Gasteiger partial charge in [-0.1, -0.05) is 32.1 Å². The molecule has 3 rings (SSSR count). The molecule has 0 saturated heterocycles. The van der Waals surface area contributed by atoms with Gasteiger partial charge in [0.2, 0.25) is 0 Å². The normalized spacial score (nSPS) is 35.6. The molecule has 5 heteroatoms. The summed E-state index contributed by atoms with van der Waals surface area (Å²) in [5.74, 6) is 0.607. The molecular weight excluding hydrogens is 280 g/mol. The van der Waals surface area contributed by atoms with E-state index in [9.17, 15) is 9.59 Å². The molecular formula is C17H28N2O3. The van der Waals surface area contributed by atoms with E-state index >= 15 is 0 Å². The zero-order valence-electron chi connectivity index (χ0n) is 13.2. The first-order valence-electron chi connectivity index (χ1n) is 8.93. The second-order valence-electron chi connectivity index (χ2n) is 7.41. The molecule has 3 N–H and O–H groups in total. The molecule has 0 aromatic heterocycles. The maximum absolute atomic E-state index is 12.1. The first-order valence-corrected chi connectivity index (χ1v) is 8.93. The Bertz CT molecular complexity index is 412. The van der Waals surface area contributed by atoms with Crippen LogP contribution in [-0.4, -0.2) is 29.2 Å². The van der Waals surface area contributed by atoms with E-state index in [0.717, 1.165) is 25.2 Å². The van der Waals surface area contributed by atoms with Crippen LogP contribution in [-0.2, 0) is 4.79 Å². The summed E-state index contributed by atoms with van der Waals surface area (Å²) in [5, 5.41) is 15.1. The lowest BCUT2D eigenvalue weighted by Crippen LogP contribution is -2.45. The average Bonchev–Trinajstić information content (AvgIpc) is 3.27. The molecule has 22 heavy (non-hydrogen) atoms. The van der Waals surface area contributed by atoms with Crippen molar-refractivity contribution in [2.45, 2.75) is 76.3 Å². The van der Waals surface area contributed by atoms with Gasteiger partial charge in [0.25, 0.3) is 0 Å². The summed E-state index contributed by atoms with van der Waals surface area (Å²) in [6.07, 6.45) is 10.8. The summed E-state index contributed by atoms with van der Waals surface area (Å²) in [7, 11) is 0. The maximum Gasteiger partial charge on any atom is 0.315 e. The summed E-state index contributed by atoms with van der Waals surface area (Å²) >= 11 is 0. The van der Waals surface area contributed by atoms with Crippen molar-refractivity contribution in [3.05, 3.63) is 0 Å². The number of amides is 2. The lowest BCUT2D eigenvalue weighted by Gasteiger charge is -2.27. The molecule has 3 saturated carbocycles. The monoisotopic (exact) mass is 308 g/mol. The van der Waals surface area contributed by atoms with Crippen LogP contribution in [0.4, 0.5) is 4.79 Å². The summed E-state index contributed by atoms with van der Waals surface area (Å²) < 4.78 is 0. The number of carboxylic acids is 1. The molecule has 3 aliphatic rings. The van der Waals surface area contributed by atoms with Crippen molar-refractivity contribution >= 4 is 12.0 Å². The number of nitrogens with one attached hydrogen (secondary N) is 2. The van der Waals surface area contributed by atoms with Gasteiger partial charge in [0.05, 0.1) is 5.92 Å². The van der Waals surface area contributed by atoms with Crippen molar-refractivity contribution in [2.75, 3.05) is 0 Å². The van der Waals surface area contributed by atoms with Crippen LogP contribution < -0.4 is 10.6 Å².